The summed E-state index contributed by atoms with van der Waals surface area (Å²) in [4.78, 5) is 2.47. The lowest BCUT2D eigenvalue weighted by atomic mass is 9.96. The molecule has 106 valence electrons. The number of hydrogen-bond donors (Lipinski definition) is 1. The molecule has 2 heterocycles. The Hall–Kier alpha value is -2.05. The van der Waals surface area contributed by atoms with E-state index in [-0.39, 0.29) is 6.10 Å². The van der Waals surface area contributed by atoms with E-state index >= 15 is 0 Å². The number of aliphatic hydroxyl groups is 1. The van der Waals surface area contributed by atoms with Gasteiger partial charge in [0.25, 0.3) is 0 Å². The van der Waals surface area contributed by atoms with Crippen molar-refractivity contribution in [3.05, 3.63) is 42.0 Å². The van der Waals surface area contributed by atoms with Crippen LogP contribution in [0.2, 0.25) is 0 Å². The maximum Gasteiger partial charge on any atom is 0.0998 e. The van der Waals surface area contributed by atoms with Crippen LogP contribution in [0.25, 0.3) is 10.8 Å². The predicted octanol–water partition coefficient (Wildman–Crippen LogP) is 3.20. The second kappa shape index (κ2) is 4.75. The van der Waals surface area contributed by atoms with Gasteiger partial charge in [-0.1, -0.05) is 24.3 Å². The van der Waals surface area contributed by atoms with Gasteiger partial charge in [-0.3, -0.25) is 0 Å². The van der Waals surface area contributed by atoms with Crippen molar-refractivity contribution in [2.24, 2.45) is 0 Å². The van der Waals surface area contributed by atoms with E-state index in [4.69, 9.17) is 0 Å². The molecule has 1 unspecified atom stereocenters. The van der Waals surface area contributed by atoms with Gasteiger partial charge in [-0.05, 0) is 43.2 Å². The first-order chi connectivity index (χ1) is 10.3. The van der Waals surface area contributed by atoms with Crippen molar-refractivity contribution in [2.45, 2.75) is 43.9 Å². The SMILES string of the molecule is N#Cc1cccc2cccc(N3[C@@H]4CC[C@H]3CC(O)C4)c12. The zero-order valence-corrected chi connectivity index (χ0v) is 11.9. The molecule has 2 aromatic carbocycles. The summed E-state index contributed by atoms with van der Waals surface area (Å²) in [6.45, 7) is 0. The van der Waals surface area contributed by atoms with Gasteiger partial charge in [0.05, 0.1) is 17.7 Å². The fraction of sp³-hybridized carbons (Fsp3) is 0.389. The molecule has 2 fully saturated rings. The Labute approximate surface area is 124 Å². The van der Waals surface area contributed by atoms with E-state index in [0.29, 0.717) is 12.1 Å². The minimum atomic E-state index is -0.163. The fourth-order valence-corrected chi connectivity index (χ4v) is 4.17. The molecule has 2 saturated heterocycles. The first kappa shape index (κ1) is 12.7. The molecule has 21 heavy (non-hydrogen) atoms. The first-order valence-corrected chi connectivity index (χ1v) is 7.66. The Morgan fingerprint density at radius 2 is 1.71 bits per heavy atom. The molecule has 4 rings (SSSR count). The van der Waals surface area contributed by atoms with Crippen molar-refractivity contribution in [1.29, 1.82) is 5.26 Å². The number of rotatable bonds is 1. The van der Waals surface area contributed by atoms with Gasteiger partial charge in [0.1, 0.15) is 0 Å². The third kappa shape index (κ3) is 1.91. The second-order valence-corrected chi connectivity index (χ2v) is 6.21. The van der Waals surface area contributed by atoms with E-state index in [9.17, 15) is 10.4 Å². The summed E-state index contributed by atoms with van der Waals surface area (Å²) in [6.07, 6.45) is 3.83. The highest BCUT2D eigenvalue weighted by molar-refractivity contribution is 5.98. The lowest BCUT2D eigenvalue weighted by Crippen LogP contribution is -2.44. The summed E-state index contributed by atoms with van der Waals surface area (Å²) in [5, 5.41) is 21.6. The smallest absolute Gasteiger partial charge is 0.0998 e. The maximum absolute atomic E-state index is 9.99. The number of nitrogens with zero attached hydrogens (tertiary/aromatic N) is 2. The van der Waals surface area contributed by atoms with Crippen molar-refractivity contribution in [1.82, 2.24) is 0 Å². The fourth-order valence-electron chi connectivity index (χ4n) is 4.17. The third-order valence-electron chi connectivity index (χ3n) is 4.99. The Morgan fingerprint density at radius 3 is 2.38 bits per heavy atom. The molecule has 3 heteroatoms. The standard InChI is InChI=1S/C18H18N2O/c19-11-13-5-1-3-12-4-2-6-17(18(12)13)20-14-7-8-15(20)10-16(21)9-14/h1-6,14-16,21H,7-10H2/t14-,15+,16?. The summed E-state index contributed by atoms with van der Waals surface area (Å²) >= 11 is 0. The highest BCUT2D eigenvalue weighted by Crippen LogP contribution is 2.42. The molecule has 2 aromatic rings. The molecule has 2 aliphatic rings. The van der Waals surface area contributed by atoms with Gasteiger partial charge in [0.2, 0.25) is 0 Å². The van der Waals surface area contributed by atoms with E-state index in [2.05, 4.69) is 35.2 Å². The van der Waals surface area contributed by atoms with Crippen LogP contribution < -0.4 is 4.90 Å². The Balaban J connectivity index is 1.90. The van der Waals surface area contributed by atoms with Crippen LogP contribution in [0.3, 0.4) is 0 Å². The lowest BCUT2D eigenvalue weighted by molar-refractivity contribution is 0.126. The van der Waals surface area contributed by atoms with Crippen molar-refractivity contribution < 1.29 is 5.11 Å². The van der Waals surface area contributed by atoms with Crippen LogP contribution in [0.5, 0.6) is 0 Å². The number of aliphatic hydroxyl groups excluding tert-OH is 1. The second-order valence-electron chi connectivity index (χ2n) is 6.21. The number of benzene rings is 2. The molecule has 2 bridgehead atoms. The quantitative estimate of drug-likeness (QED) is 0.871. The van der Waals surface area contributed by atoms with Gasteiger partial charge >= 0.3 is 0 Å². The number of nitriles is 1. The molecule has 2 aliphatic heterocycles. The zero-order chi connectivity index (χ0) is 14.4. The van der Waals surface area contributed by atoms with Crippen molar-refractivity contribution in [3.63, 3.8) is 0 Å². The summed E-state index contributed by atoms with van der Waals surface area (Å²) in [6, 6.07) is 15.3. The Morgan fingerprint density at radius 1 is 1.05 bits per heavy atom. The van der Waals surface area contributed by atoms with Crippen LogP contribution in [0.4, 0.5) is 5.69 Å². The van der Waals surface area contributed by atoms with Gasteiger partial charge in [-0.2, -0.15) is 5.26 Å². The van der Waals surface area contributed by atoms with Gasteiger partial charge in [0.15, 0.2) is 0 Å². The largest absolute Gasteiger partial charge is 0.393 e. The van der Waals surface area contributed by atoms with Crippen molar-refractivity contribution >= 4 is 16.5 Å². The van der Waals surface area contributed by atoms with Crippen LogP contribution >= 0.6 is 0 Å². The highest BCUT2D eigenvalue weighted by Gasteiger charge is 2.40. The summed E-state index contributed by atoms with van der Waals surface area (Å²) in [5.74, 6) is 0. The van der Waals surface area contributed by atoms with Crippen molar-refractivity contribution in [2.75, 3.05) is 4.90 Å². The molecule has 0 amide bonds. The van der Waals surface area contributed by atoms with Gasteiger partial charge in [-0.25, -0.2) is 0 Å². The van der Waals surface area contributed by atoms with E-state index in [1.165, 1.54) is 5.69 Å². The molecule has 0 aliphatic carbocycles. The molecule has 0 radical (unpaired) electrons. The number of hydrogen-bond acceptors (Lipinski definition) is 3. The number of fused-ring (bicyclic) bond motifs is 3. The summed E-state index contributed by atoms with van der Waals surface area (Å²) < 4.78 is 0. The minimum absolute atomic E-state index is 0.163. The van der Waals surface area contributed by atoms with E-state index < -0.39 is 0 Å². The molecule has 1 N–H and O–H groups in total. The average molecular weight is 278 g/mol. The number of piperidine rings is 1. The Kier molecular flexibility index (Phi) is 2.87. The molecule has 0 spiro atoms. The van der Waals surface area contributed by atoms with E-state index in [0.717, 1.165) is 42.0 Å². The van der Waals surface area contributed by atoms with Gasteiger partial charge < -0.3 is 10.0 Å². The maximum atomic E-state index is 9.99. The highest BCUT2D eigenvalue weighted by atomic mass is 16.3. The van der Waals surface area contributed by atoms with Gasteiger partial charge in [-0.15, -0.1) is 0 Å². The summed E-state index contributed by atoms with van der Waals surface area (Å²) in [5.41, 5.74) is 1.91. The Bertz CT molecular complexity index is 714. The van der Waals surface area contributed by atoms with E-state index in [1.807, 2.05) is 12.1 Å². The molecule has 0 aromatic heterocycles. The lowest BCUT2D eigenvalue weighted by Gasteiger charge is -2.39. The van der Waals surface area contributed by atoms with Crippen LogP contribution in [-0.2, 0) is 0 Å². The molecule has 0 saturated carbocycles. The minimum Gasteiger partial charge on any atom is -0.393 e. The zero-order valence-electron chi connectivity index (χ0n) is 11.9. The average Bonchev–Trinajstić information content (AvgIpc) is 2.77. The number of anilines is 1. The monoisotopic (exact) mass is 278 g/mol. The molecule has 3 atom stereocenters. The van der Waals surface area contributed by atoms with E-state index in [1.54, 1.807) is 0 Å². The normalized spacial score (nSPS) is 27.8. The topological polar surface area (TPSA) is 47.3 Å². The van der Waals surface area contributed by atoms with Crippen LogP contribution in [-0.4, -0.2) is 23.3 Å². The predicted molar refractivity (Wildman–Crippen MR) is 83.2 cm³/mol. The van der Waals surface area contributed by atoms with Crippen LogP contribution in [0.1, 0.15) is 31.2 Å². The first-order valence-electron chi connectivity index (χ1n) is 7.66. The molecule has 3 nitrogen and oxygen atoms in total. The summed E-state index contributed by atoms with van der Waals surface area (Å²) in [7, 11) is 0. The van der Waals surface area contributed by atoms with Crippen molar-refractivity contribution in [3.8, 4) is 6.07 Å². The molecular formula is C18H18N2O. The molecular weight excluding hydrogens is 260 g/mol. The van der Waals surface area contributed by atoms with Gasteiger partial charge in [0, 0.05) is 23.2 Å². The third-order valence-corrected chi connectivity index (χ3v) is 4.99. The van der Waals surface area contributed by atoms with Crippen LogP contribution in [0, 0.1) is 11.3 Å². The van der Waals surface area contributed by atoms with Crippen LogP contribution in [0.15, 0.2) is 36.4 Å².